The first-order valence-electron chi connectivity index (χ1n) is 8.97. The van der Waals surface area contributed by atoms with Crippen LogP contribution in [0.5, 0.6) is 0 Å². The fraction of sp³-hybridized carbons (Fsp3) is 0.150. The van der Waals surface area contributed by atoms with E-state index in [-0.39, 0.29) is 17.7 Å². The fourth-order valence-corrected chi connectivity index (χ4v) is 4.21. The number of rotatable bonds is 3. The first kappa shape index (κ1) is 17.5. The SMILES string of the molecule is Cc1cc(C)cc(-n2ncc3c(=O)n(Cc4cc(=O)n5ccsc5n4)cnc32)c1. The zero-order valence-corrected chi connectivity index (χ0v) is 16.6. The Morgan fingerprint density at radius 2 is 1.86 bits per heavy atom. The molecule has 0 radical (unpaired) electrons. The second kappa shape index (κ2) is 6.49. The van der Waals surface area contributed by atoms with Crippen molar-refractivity contribution < 1.29 is 0 Å². The van der Waals surface area contributed by atoms with Gasteiger partial charge in [0, 0.05) is 17.6 Å². The smallest absolute Gasteiger partial charge is 0.264 e. The van der Waals surface area contributed by atoms with Crippen LogP contribution < -0.4 is 11.1 Å². The predicted molar refractivity (Wildman–Crippen MR) is 111 cm³/mol. The van der Waals surface area contributed by atoms with Gasteiger partial charge in [0.2, 0.25) is 0 Å². The molecule has 5 aromatic rings. The van der Waals surface area contributed by atoms with Crippen LogP contribution in [0.3, 0.4) is 0 Å². The molecule has 0 aliphatic carbocycles. The molecule has 0 saturated carbocycles. The van der Waals surface area contributed by atoms with Gasteiger partial charge in [0.1, 0.15) is 11.7 Å². The summed E-state index contributed by atoms with van der Waals surface area (Å²) in [5, 5.41) is 6.60. The summed E-state index contributed by atoms with van der Waals surface area (Å²) in [7, 11) is 0. The minimum absolute atomic E-state index is 0.167. The summed E-state index contributed by atoms with van der Waals surface area (Å²) in [6, 6.07) is 7.52. The van der Waals surface area contributed by atoms with Gasteiger partial charge in [-0.05, 0) is 37.1 Å². The van der Waals surface area contributed by atoms with E-state index >= 15 is 0 Å². The summed E-state index contributed by atoms with van der Waals surface area (Å²) in [6.07, 6.45) is 4.69. The number of benzene rings is 1. The van der Waals surface area contributed by atoms with E-state index in [1.165, 1.54) is 38.9 Å². The number of aromatic nitrogens is 6. The second-order valence-corrected chi connectivity index (χ2v) is 7.83. The Morgan fingerprint density at radius 3 is 2.66 bits per heavy atom. The highest BCUT2D eigenvalue weighted by atomic mass is 32.1. The molecule has 0 unspecified atom stereocenters. The monoisotopic (exact) mass is 404 g/mol. The molecule has 4 aromatic heterocycles. The van der Waals surface area contributed by atoms with Gasteiger partial charge in [-0.3, -0.25) is 18.6 Å². The van der Waals surface area contributed by atoms with Gasteiger partial charge in [-0.15, -0.1) is 11.3 Å². The van der Waals surface area contributed by atoms with Crippen LogP contribution in [0, 0.1) is 13.8 Å². The lowest BCUT2D eigenvalue weighted by Crippen LogP contribution is -2.23. The van der Waals surface area contributed by atoms with Gasteiger partial charge < -0.3 is 0 Å². The molecule has 144 valence electrons. The topological polar surface area (TPSA) is 87.1 Å². The summed E-state index contributed by atoms with van der Waals surface area (Å²) in [5.41, 5.74) is 3.70. The van der Waals surface area contributed by atoms with Gasteiger partial charge in [-0.25, -0.2) is 14.6 Å². The van der Waals surface area contributed by atoms with Crippen molar-refractivity contribution in [2.45, 2.75) is 20.4 Å². The van der Waals surface area contributed by atoms with Crippen LogP contribution in [0.2, 0.25) is 0 Å². The minimum Gasteiger partial charge on any atom is -0.292 e. The van der Waals surface area contributed by atoms with Crippen molar-refractivity contribution in [3.63, 3.8) is 0 Å². The molecule has 5 rings (SSSR count). The lowest BCUT2D eigenvalue weighted by Gasteiger charge is -2.07. The van der Waals surface area contributed by atoms with E-state index in [1.807, 2.05) is 26.0 Å². The van der Waals surface area contributed by atoms with E-state index in [9.17, 15) is 9.59 Å². The molecule has 9 heteroatoms. The van der Waals surface area contributed by atoms with Crippen molar-refractivity contribution in [2.75, 3.05) is 0 Å². The summed E-state index contributed by atoms with van der Waals surface area (Å²) in [6.45, 7) is 4.20. The molecule has 0 saturated heterocycles. The Labute approximate surface area is 168 Å². The molecule has 29 heavy (non-hydrogen) atoms. The number of fused-ring (bicyclic) bond motifs is 2. The summed E-state index contributed by atoms with van der Waals surface area (Å²) in [4.78, 5) is 34.7. The third kappa shape index (κ3) is 2.95. The Morgan fingerprint density at radius 1 is 1.07 bits per heavy atom. The molecule has 8 nitrogen and oxygen atoms in total. The summed E-state index contributed by atoms with van der Waals surface area (Å²) in [5.74, 6) is 0. The number of hydrogen-bond acceptors (Lipinski definition) is 6. The Hall–Kier alpha value is -3.59. The first-order chi connectivity index (χ1) is 14.0. The number of hydrogen-bond donors (Lipinski definition) is 0. The molecule has 4 heterocycles. The normalized spacial score (nSPS) is 11.5. The first-order valence-corrected chi connectivity index (χ1v) is 9.85. The van der Waals surface area contributed by atoms with Crippen molar-refractivity contribution >= 4 is 27.3 Å². The standard InChI is InChI=1S/C20H16N6O2S/c1-12-5-13(2)7-15(6-12)26-18-16(9-22-26)19(28)24(11-21-18)10-14-8-17(27)25-3-4-29-20(25)23-14/h3-9,11H,10H2,1-2H3. The molecule has 0 aliphatic rings. The molecule has 1 aromatic carbocycles. The van der Waals surface area contributed by atoms with Crippen LogP contribution in [-0.2, 0) is 6.54 Å². The zero-order chi connectivity index (χ0) is 20.1. The van der Waals surface area contributed by atoms with E-state index in [0.717, 1.165) is 16.8 Å². The van der Waals surface area contributed by atoms with Crippen molar-refractivity contribution in [1.82, 2.24) is 28.7 Å². The number of nitrogens with zero attached hydrogens (tertiary/aromatic N) is 6. The number of aryl methyl sites for hydroxylation is 2. The van der Waals surface area contributed by atoms with Gasteiger partial charge in [0.05, 0.1) is 24.1 Å². The van der Waals surface area contributed by atoms with Gasteiger partial charge in [-0.1, -0.05) is 6.07 Å². The summed E-state index contributed by atoms with van der Waals surface area (Å²) >= 11 is 1.37. The van der Waals surface area contributed by atoms with Crippen LogP contribution in [0.15, 0.2) is 58.0 Å². The van der Waals surface area contributed by atoms with E-state index in [0.29, 0.717) is 21.7 Å². The maximum absolute atomic E-state index is 13.0. The largest absolute Gasteiger partial charge is 0.292 e. The Kier molecular flexibility index (Phi) is 3.92. The molecule has 0 spiro atoms. The Bertz CT molecular complexity index is 1490. The van der Waals surface area contributed by atoms with Crippen molar-refractivity contribution in [3.05, 3.63) is 85.9 Å². The van der Waals surface area contributed by atoms with Crippen LogP contribution in [0.25, 0.3) is 21.7 Å². The average Bonchev–Trinajstić information content (AvgIpc) is 3.30. The molecular formula is C20H16N6O2S. The van der Waals surface area contributed by atoms with Gasteiger partial charge in [0.15, 0.2) is 10.6 Å². The summed E-state index contributed by atoms with van der Waals surface area (Å²) < 4.78 is 4.59. The van der Waals surface area contributed by atoms with Crippen LogP contribution >= 0.6 is 11.3 Å². The van der Waals surface area contributed by atoms with Crippen molar-refractivity contribution in [3.8, 4) is 5.69 Å². The highest BCUT2D eigenvalue weighted by Gasteiger charge is 2.13. The van der Waals surface area contributed by atoms with Gasteiger partial charge >= 0.3 is 0 Å². The molecule has 0 aliphatic heterocycles. The molecule has 0 N–H and O–H groups in total. The molecule has 0 fully saturated rings. The van der Waals surface area contributed by atoms with Crippen LogP contribution in [0.1, 0.15) is 16.8 Å². The maximum atomic E-state index is 13.0. The maximum Gasteiger partial charge on any atom is 0.264 e. The molecular weight excluding hydrogens is 388 g/mol. The molecule has 0 amide bonds. The highest BCUT2D eigenvalue weighted by Crippen LogP contribution is 2.17. The lowest BCUT2D eigenvalue weighted by molar-refractivity contribution is 0.725. The van der Waals surface area contributed by atoms with E-state index in [4.69, 9.17) is 0 Å². The Balaban J connectivity index is 1.59. The highest BCUT2D eigenvalue weighted by molar-refractivity contribution is 7.15. The fourth-order valence-electron chi connectivity index (χ4n) is 3.47. The predicted octanol–water partition coefficient (Wildman–Crippen LogP) is 2.32. The van der Waals surface area contributed by atoms with E-state index < -0.39 is 0 Å². The molecule has 0 atom stereocenters. The third-order valence-corrected chi connectivity index (χ3v) is 5.45. The van der Waals surface area contributed by atoms with Crippen LogP contribution in [-0.4, -0.2) is 28.7 Å². The third-order valence-electron chi connectivity index (χ3n) is 4.69. The van der Waals surface area contributed by atoms with Crippen molar-refractivity contribution in [2.24, 2.45) is 0 Å². The van der Waals surface area contributed by atoms with Gasteiger partial charge in [0.25, 0.3) is 11.1 Å². The van der Waals surface area contributed by atoms with E-state index in [2.05, 4.69) is 21.1 Å². The average molecular weight is 404 g/mol. The van der Waals surface area contributed by atoms with Crippen molar-refractivity contribution in [1.29, 1.82) is 0 Å². The number of thiazole rings is 1. The van der Waals surface area contributed by atoms with Gasteiger partial charge in [-0.2, -0.15) is 5.10 Å². The van der Waals surface area contributed by atoms with Crippen LogP contribution in [0.4, 0.5) is 0 Å². The zero-order valence-electron chi connectivity index (χ0n) is 15.7. The van der Waals surface area contributed by atoms with E-state index in [1.54, 1.807) is 16.3 Å². The molecule has 0 bridgehead atoms. The second-order valence-electron chi connectivity index (χ2n) is 6.96. The lowest BCUT2D eigenvalue weighted by atomic mass is 10.1. The minimum atomic E-state index is -0.223. The quantitative estimate of drug-likeness (QED) is 0.461.